The minimum absolute atomic E-state index is 0.188. The highest BCUT2D eigenvalue weighted by Crippen LogP contribution is 2.24. The van der Waals surface area contributed by atoms with Crippen LogP contribution in [-0.4, -0.2) is 50.5 Å². The van der Waals surface area contributed by atoms with Gasteiger partial charge in [0.1, 0.15) is 24.9 Å². The maximum Gasteiger partial charge on any atom is 0.244 e. The van der Waals surface area contributed by atoms with Gasteiger partial charge in [0.05, 0.1) is 11.9 Å². The molecule has 8 nitrogen and oxygen atoms in total. The van der Waals surface area contributed by atoms with E-state index >= 15 is 0 Å². The second-order valence-electron chi connectivity index (χ2n) is 9.70. The Labute approximate surface area is 238 Å². The van der Waals surface area contributed by atoms with Gasteiger partial charge in [-0.05, 0) is 60.7 Å². The van der Waals surface area contributed by atoms with Gasteiger partial charge in [0.15, 0.2) is 0 Å². The third-order valence-electron chi connectivity index (χ3n) is 6.59. The zero-order valence-corrected chi connectivity index (χ0v) is 24.5. The van der Waals surface area contributed by atoms with E-state index in [1.807, 2.05) is 75.4 Å². The molecule has 1 N–H and O–H groups in total. The third-order valence-corrected chi connectivity index (χ3v) is 7.73. The van der Waals surface area contributed by atoms with E-state index in [-0.39, 0.29) is 12.5 Å². The van der Waals surface area contributed by atoms with Gasteiger partial charge in [0, 0.05) is 13.1 Å². The molecule has 0 radical (unpaired) electrons. The number of carbonyl (C=O) groups excluding carboxylic acids is 2. The summed E-state index contributed by atoms with van der Waals surface area (Å²) in [6.07, 6.45) is 2.22. The summed E-state index contributed by atoms with van der Waals surface area (Å²) in [5.74, 6) is -0.138. The lowest BCUT2D eigenvalue weighted by molar-refractivity contribution is -0.140. The van der Waals surface area contributed by atoms with Crippen molar-refractivity contribution in [1.82, 2.24) is 10.2 Å². The zero-order chi connectivity index (χ0) is 29.1. The van der Waals surface area contributed by atoms with Crippen molar-refractivity contribution >= 4 is 27.5 Å². The average molecular weight is 566 g/mol. The molecule has 9 heteroatoms. The molecule has 0 heterocycles. The molecule has 214 valence electrons. The number of benzene rings is 3. The number of aryl methyl sites for hydroxylation is 1. The van der Waals surface area contributed by atoms with E-state index in [0.717, 1.165) is 33.7 Å². The summed E-state index contributed by atoms with van der Waals surface area (Å²) >= 11 is 0. The van der Waals surface area contributed by atoms with Crippen molar-refractivity contribution in [1.29, 1.82) is 0 Å². The number of nitrogens with one attached hydrogen (secondary N) is 1. The van der Waals surface area contributed by atoms with Gasteiger partial charge in [-0.1, -0.05) is 68.4 Å². The highest BCUT2D eigenvalue weighted by molar-refractivity contribution is 7.92. The van der Waals surface area contributed by atoms with Gasteiger partial charge in [-0.25, -0.2) is 8.42 Å². The van der Waals surface area contributed by atoms with E-state index in [2.05, 4.69) is 5.32 Å². The van der Waals surface area contributed by atoms with E-state index in [4.69, 9.17) is 4.74 Å². The number of carbonyl (C=O) groups is 2. The number of rotatable bonds is 14. The second-order valence-corrected chi connectivity index (χ2v) is 11.6. The smallest absolute Gasteiger partial charge is 0.244 e. The van der Waals surface area contributed by atoms with E-state index < -0.39 is 28.5 Å². The van der Waals surface area contributed by atoms with Gasteiger partial charge in [-0.2, -0.15) is 0 Å². The van der Waals surface area contributed by atoms with E-state index in [0.29, 0.717) is 31.0 Å². The molecule has 1 unspecified atom stereocenters. The number of hydrogen-bond donors (Lipinski definition) is 1. The fraction of sp³-hybridized carbons (Fsp3) is 0.355. The van der Waals surface area contributed by atoms with Gasteiger partial charge in [0.25, 0.3) is 0 Å². The number of amides is 2. The zero-order valence-electron chi connectivity index (χ0n) is 23.7. The van der Waals surface area contributed by atoms with Crippen LogP contribution < -0.4 is 14.4 Å². The summed E-state index contributed by atoms with van der Waals surface area (Å²) in [4.78, 5) is 28.4. The molecular weight excluding hydrogens is 526 g/mol. The number of nitrogens with zero attached hydrogens (tertiary/aromatic N) is 2. The van der Waals surface area contributed by atoms with E-state index in [1.165, 1.54) is 4.90 Å². The molecule has 1 atom stereocenters. The molecule has 0 spiro atoms. The summed E-state index contributed by atoms with van der Waals surface area (Å²) in [6.45, 7) is 6.37. The first kappa shape index (κ1) is 30.7. The fourth-order valence-corrected chi connectivity index (χ4v) is 5.17. The summed E-state index contributed by atoms with van der Waals surface area (Å²) in [6, 6.07) is 23.2. The predicted molar refractivity (Wildman–Crippen MR) is 159 cm³/mol. The standard InChI is InChI=1S/C31H39N3O5S/c1-5-20-32-31(36)29(6-2)33(21-26-15-11-10-12-24(26)3)30(35)22-34(40(4,37)38)27-16-18-28(19-17-27)39-23-25-13-8-7-9-14-25/h7-19,29H,5-6,20-23H2,1-4H3,(H,32,36). The molecule has 0 aliphatic rings. The summed E-state index contributed by atoms with van der Waals surface area (Å²) in [7, 11) is -3.82. The highest BCUT2D eigenvalue weighted by Gasteiger charge is 2.31. The third kappa shape index (κ3) is 8.58. The maximum absolute atomic E-state index is 13.8. The van der Waals surface area contributed by atoms with Crippen molar-refractivity contribution in [2.45, 2.75) is 52.8 Å². The number of hydrogen-bond acceptors (Lipinski definition) is 5. The van der Waals surface area contributed by atoms with Crippen molar-refractivity contribution in [2.75, 3.05) is 23.7 Å². The molecule has 40 heavy (non-hydrogen) atoms. The van der Waals surface area contributed by atoms with Crippen molar-refractivity contribution in [2.24, 2.45) is 0 Å². The van der Waals surface area contributed by atoms with Gasteiger partial charge < -0.3 is 15.0 Å². The van der Waals surface area contributed by atoms with E-state index in [9.17, 15) is 18.0 Å². The largest absolute Gasteiger partial charge is 0.489 e. The second kappa shape index (κ2) is 14.5. The van der Waals surface area contributed by atoms with Crippen LogP contribution in [0.4, 0.5) is 5.69 Å². The van der Waals surface area contributed by atoms with Crippen molar-refractivity contribution in [3.8, 4) is 5.75 Å². The Hall–Kier alpha value is -3.85. The van der Waals surface area contributed by atoms with Crippen LogP contribution in [0.2, 0.25) is 0 Å². The quantitative estimate of drug-likeness (QED) is 0.306. The molecule has 0 fully saturated rings. The van der Waals surface area contributed by atoms with Gasteiger partial charge >= 0.3 is 0 Å². The Morgan fingerprint density at radius 3 is 2.17 bits per heavy atom. The Morgan fingerprint density at radius 1 is 0.925 bits per heavy atom. The van der Waals surface area contributed by atoms with Crippen LogP contribution in [0.1, 0.15) is 43.4 Å². The fourth-order valence-electron chi connectivity index (χ4n) is 4.32. The molecular formula is C31H39N3O5S. The molecule has 0 saturated carbocycles. The lowest BCUT2D eigenvalue weighted by Gasteiger charge is -2.33. The van der Waals surface area contributed by atoms with Crippen molar-refractivity contribution in [3.63, 3.8) is 0 Å². The molecule has 3 rings (SSSR count). The van der Waals surface area contributed by atoms with Crippen LogP contribution in [0.15, 0.2) is 78.9 Å². The lowest BCUT2D eigenvalue weighted by atomic mass is 10.1. The summed E-state index contributed by atoms with van der Waals surface area (Å²) < 4.78 is 32.6. The van der Waals surface area contributed by atoms with Crippen LogP contribution in [-0.2, 0) is 32.8 Å². The molecule has 0 aliphatic carbocycles. The van der Waals surface area contributed by atoms with Gasteiger partial charge in [-0.3, -0.25) is 13.9 Å². The Bertz CT molecular complexity index is 1360. The summed E-state index contributed by atoms with van der Waals surface area (Å²) in [5, 5.41) is 2.89. The van der Waals surface area contributed by atoms with Crippen molar-refractivity contribution < 1.29 is 22.7 Å². The molecule has 0 aliphatic heterocycles. The van der Waals surface area contributed by atoms with Crippen LogP contribution >= 0.6 is 0 Å². The highest BCUT2D eigenvalue weighted by atomic mass is 32.2. The average Bonchev–Trinajstić information content (AvgIpc) is 2.94. The minimum Gasteiger partial charge on any atom is -0.489 e. The molecule has 2 amide bonds. The Kier molecular flexibility index (Phi) is 11.1. The van der Waals surface area contributed by atoms with Crippen LogP contribution in [0.5, 0.6) is 5.75 Å². The van der Waals surface area contributed by atoms with Crippen LogP contribution in [0, 0.1) is 6.92 Å². The molecule has 0 saturated heterocycles. The van der Waals surface area contributed by atoms with Gasteiger partial charge in [0.2, 0.25) is 21.8 Å². The number of anilines is 1. The molecule has 0 bridgehead atoms. The molecule has 0 aromatic heterocycles. The first-order valence-electron chi connectivity index (χ1n) is 13.5. The van der Waals surface area contributed by atoms with Crippen LogP contribution in [0.3, 0.4) is 0 Å². The first-order valence-corrected chi connectivity index (χ1v) is 15.3. The van der Waals surface area contributed by atoms with Gasteiger partial charge in [-0.15, -0.1) is 0 Å². The Balaban J connectivity index is 1.85. The van der Waals surface area contributed by atoms with Crippen molar-refractivity contribution in [3.05, 3.63) is 95.6 Å². The maximum atomic E-state index is 13.8. The molecule has 3 aromatic carbocycles. The van der Waals surface area contributed by atoms with E-state index in [1.54, 1.807) is 24.3 Å². The topological polar surface area (TPSA) is 96.0 Å². The molecule has 3 aromatic rings. The lowest BCUT2D eigenvalue weighted by Crippen LogP contribution is -2.52. The minimum atomic E-state index is -3.82. The predicted octanol–water partition coefficient (Wildman–Crippen LogP) is 4.67. The van der Waals surface area contributed by atoms with Crippen LogP contribution in [0.25, 0.3) is 0 Å². The number of sulfonamides is 1. The first-order chi connectivity index (χ1) is 19.1. The monoisotopic (exact) mass is 565 g/mol. The SMILES string of the molecule is CCCNC(=O)C(CC)N(Cc1ccccc1C)C(=O)CN(c1ccc(OCc2ccccc2)cc1)S(C)(=O)=O. The number of ether oxygens (including phenoxy) is 1. The Morgan fingerprint density at radius 2 is 1.57 bits per heavy atom. The normalized spacial score (nSPS) is 11.9. The summed E-state index contributed by atoms with van der Waals surface area (Å²) in [5.41, 5.74) is 3.22.